The van der Waals surface area contributed by atoms with E-state index in [4.69, 9.17) is 9.84 Å². The number of carboxylic acids is 1. The molecule has 1 aromatic rings. The second-order valence-electron chi connectivity index (χ2n) is 4.73. The molecule has 0 aromatic carbocycles. The minimum Gasteiger partial charge on any atom is -0.480 e. The molecule has 0 radical (unpaired) electrons. The number of hydrogen-bond donors (Lipinski definition) is 1. The maximum Gasteiger partial charge on any atom is 0.328 e. The van der Waals surface area contributed by atoms with Gasteiger partial charge in [-0.25, -0.2) is 9.78 Å². The number of aryl methyl sites for hydroxylation is 2. The highest BCUT2D eigenvalue weighted by molar-refractivity contribution is 7.09. The number of rotatable bonds is 5. The Balaban J connectivity index is 1.82. The standard InChI is InChI=1S/C13H18N2O4S/c1-9-14-10(8-20-9)3-2-4-12(16)15-5-6-19-7-11(15)13(17)18/h8,11H,2-7H2,1H3,(H,17,18). The van der Waals surface area contributed by atoms with Gasteiger partial charge in [0.25, 0.3) is 0 Å². The number of thiazole rings is 1. The van der Waals surface area contributed by atoms with Crippen LogP contribution in [0, 0.1) is 6.92 Å². The molecule has 1 saturated heterocycles. The maximum atomic E-state index is 12.1. The first-order chi connectivity index (χ1) is 9.58. The van der Waals surface area contributed by atoms with Gasteiger partial charge in [0.1, 0.15) is 0 Å². The van der Waals surface area contributed by atoms with Crippen molar-refractivity contribution in [3.8, 4) is 0 Å². The zero-order valence-corrected chi connectivity index (χ0v) is 12.2. The number of aromatic nitrogens is 1. The van der Waals surface area contributed by atoms with Gasteiger partial charge < -0.3 is 14.7 Å². The van der Waals surface area contributed by atoms with Crippen molar-refractivity contribution in [1.82, 2.24) is 9.88 Å². The Morgan fingerprint density at radius 2 is 2.40 bits per heavy atom. The number of carboxylic acid groups (broad SMARTS) is 1. The molecule has 1 N–H and O–H groups in total. The Bertz CT molecular complexity index is 488. The highest BCUT2D eigenvalue weighted by atomic mass is 32.1. The van der Waals surface area contributed by atoms with Gasteiger partial charge in [0.05, 0.1) is 23.9 Å². The zero-order valence-electron chi connectivity index (χ0n) is 11.4. The second-order valence-corrected chi connectivity index (χ2v) is 5.79. The number of aliphatic carboxylic acids is 1. The third-order valence-corrected chi connectivity index (χ3v) is 4.05. The maximum absolute atomic E-state index is 12.1. The Morgan fingerprint density at radius 1 is 1.60 bits per heavy atom. The fourth-order valence-electron chi connectivity index (χ4n) is 2.19. The zero-order chi connectivity index (χ0) is 14.5. The summed E-state index contributed by atoms with van der Waals surface area (Å²) in [5, 5.41) is 12.1. The number of carbonyl (C=O) groups excluding carboxylic acids is 1. The number of hydrogen-bond acceptors (Lipinski definition) is 5. The first-order valence-electron chi connectivity index (χ1n) is 6.59. The van der Waals surface area contributed by atoms with Crippen molar-refractivity contribution in [2.45, 2.75) is 32.2 Å². The van der Waals surface area contributed by atoms with E-state index >= 15 is 0 Å². The molecule has 1 atom stereocenters. The molecule has 0 bridgehead atoms. The monoisotopic (exact) mass is 298 g/mol. The largest absolute Gasteiger partial charge is 0.480 e. The van der Waals surface area contributed by atoms with Gasteiger partial charge in [-0.2, -0.15) is 0 Å². The highest BCUT2D eigenvalue weighted by Crippen LogP contribution is 2.13. The Hall–Kier alpha value is -1.47. The van der Waals surface area contributed by atoms with Crippen LogP contribution in [0.2, 0.25) is 0 Å². The molecule has 1 aliphatic heterocycles. The summed E-state index contributed by atoms with van der Waals surface area (Å²) in [6, 6.07) is -0.849. The summed E-state index contributed by atoms with van der Waals surface area (Å²) in [5.74, 6) is -1.12. The molecule has 2 heterocycles. The quantitative estimate of drug-likeness (QED) is 0.880. The van der Waals surface area contributed by atoms with Gasteiger partial charge in [0, 0.05) is 18.3 Å². The molecule has 1 aromatic heterocycles. The summed E-state index contributed by atoms with van der Waals surface area (Å²) in [7, 11) is 0. The number of carbonyl (C=O) groups is 2. The Morgan fingerprint density at radius 3 is 3.05 bits per heavy atom. The number of nitrogens with zero attached hydrogens (tertiary/aromatic N) is 2. The number of ether oxygens (including phenoxy) is 1. The molecule has 7 heteroatoms. The number of amides is 1. The molecule has 2 rings (SSSR count). The lowest BCUT2D eigenvalue weighted by atomic mass is 10.1. The molecule has 0 spiro atoms. The lowest BCUT2D eigenvalue weighted by Gasteiger charge is -2.32. The van der Waals surface area contributed by atoms with E-state index in [1.807, 2.05) is 12.3 Å². The van der Waals surface area contributed by atoms with Gasteiger partial charge in [0.15, 0.2) is 6.04 Å². The van der Waals surface area contributed by atoms with Crippen molar-refractivity contribution in [2.75, 3.05) is 19.8 Å². The molecule has 6 nitrogen and oxygen atoms in total. The van der Waals surface area contributed by atoms with Crippen LogP contribution in [0.4, 0.5) is 0 Å². The van der Waals surface area contributed by atoms with Crippen LogP contribution in [-0.4, -0.2) is 52.7 Å². The van der Waals surface area contributed by atoms with Crippen LogP contribution in [-0.2, 0) is 20.7 Å². The van der Waals surface area contributed by atoms with Crippen LogP contribution in [0.1, 0.15) is 23.5 Å². The highest BCUT2D eigenvalue weighted by Gasteiger charge is 2.32. The Labute approximate surface area is 121 Å². The van der Waals surface area contributed by atoms with E-state index in [-0.39, 0.29) is 12.5 Å². The van der Waals surface area contributed by atoms with Gasteiger partial charge in [-0.1, -0.05) is 0 Å². The van der Waals surface area contributed by atoms with Crippen LogP contribution in [0.25, 0.3) is 0 Å². The normalized spacial score (nSPS) is 19.1. The van der Waals surface area contributed by atoms with Crippen molar-refractivity contribution in [2.24, 2.45) is 0 Å². The van der Waals surface area contributed by atoms with E-state index < -0.39 is 12.0 Å². The summed E-state index contributed by atoms with van der Waals surface area (Å²) in [6.07, 6.45) is 1.78. The van der Waals surface area contributed by atoms with Gasteiger partial charge in [-0.3, -0.25) is 4.79 Å². The van der Waals surface area contributed by atoms with E-state index in [1.165, 1.54) is 4.90 Å². The third kappa shape index (κ3) is 3.77. The summed E-state index contributed by atoms with van der Waals surface area (Å²) in [5.41, 5.74) is 0.997. The second kappa shape index (κ2) is 6.81. The molecule has 1 amide bonds. The van der Waals surface area contributed by atoms with Crippen molar-refractivity contribution < 1.29 is 19.4 Å². The van der Waals surface area contributed by atoms with E-state index in [0.717, 1.165) is 17.1 Å². The minimum atomic E-state index is -1.01. The molecule has 1 fully saturated rings. The van der Waals surface area contributed by atoms with Crippen LogP contribution in [0.5, 0.6) is 0 Å². The van der Waals surface area contributed by atoms with Gasteiger partial charge >= 0.3 is 5.97 Å². The summed E-state index contributed by atoms with van der Waals surface area (Å²) < 4.78 is 5.12. The van der Waals surface area contributed by atoms with E-state index in [9.17, 15) is 9.59 Å². The summed E-state index contributed by atoms with van der Waals surface area (Å²) in [6.45, 7) is 2.78. The van der Waals surface area contributed by atoms with Gasteiger partial charge in [-0.15, -0.1) is 11.3 Å². The smallest absolute Gasteiger partial charge is 0.328 e. The molecular weight excluding hydrogens is 280 g/mol. The van der Waals surface area contributed by atoms with Crippen molar-refractivity contribution in [3.63, 3.8) is 0 Å². The molecule has 0 aliphatic carbocycles. The van der Waals surface area contributed by atoms with Crippen LogP contribution in [0.15, 0.2) is 5.38 Å². The van der Waals surface area contributed by atoms with Crippen LogP contribution >= 0.6 is 11.3 Å². The fraction of sp³-hybridized carbons (Fsp3) is 0.615. The molecule has 20 heavy (non-hydrogen) atoms. The number of morpholine rings is 1. The summed E-state index contributed by atoms with van der Waals surface area (Å²) in [4.78, 5) is 28.9. The van der Waals surface area contributed by atoms with Crippen molar-refractivity contribution >= 4 is 23.2 Å². The molecule has 110 valence electrons. The van der Waals surface area contributed by atoms with E-state index in [2.05, 4.69) is 4.98 Å². The summed E-state index contributed by atoms with van der Waals surface area (Å²) >= 11 is 1.59. The topological polar surface area (TPSA) is 79.7 Å². The van der Waals surface area contributed by atoms with Gasteiger partial charge in [0.2, 0.25) is 5.91 Å². The lowest BCUT2D eigenvalue weighted by molar-refractivity contribution is -0.158. The third-order valence-electron chi connectivity index (χ3n) is 3.22. The minimum absolute atomic E-state index is 0.0757. The molecule has 1 aliphatic rings. The average molecular weight is 298 g/mol. The van der Waals surface area contributed by atoms with Gasteiger partial charge in [-0.05, 0) is 19.8 Å². The van der Waals surface area contributed by atoms with E-state index in [0.29, 0.717) is 26.0 Å². The van der Waals surface area contributed by atoms with Crippen molar-refractivity contribution in [3.05, 3.63) is 16.1 Å². The molecule has 0 saturated carbocycles. The lowest BCUT2D eigenvalue weighted by Crippen LogP contribution is -2.52. The van der Waals surface area contributed by atoms with E-state index in [1.54, 1.807) is 11.3 Å². The first kappa shape index (κ1) is 14.9. The first-order valence-corrected chi connectivity index (χ1v) is 7.47. The predicted molar refractivity (Wildman–Crippen MR) is 73.7 cm³/mol. The van der Waals surface area contributed by atoms with Crippen molar-refractivity contribution in [1.29, 1.82) is 0 Å². The molecular formula is C13H18N2O4S. The van der Waals surface area contributed by atoms with Crippen LogP contribution < -0.4 is 0 Å². The predicted octanol–water partition coefficient (Wildman–Crippen LogP) is 1.09. The average Bonchev–Trinajstić information content (AvgIpc) is 2.84. The molecule has 1 unspecified atom stereocenters. The Kier molecular flexibility index (Phi) is 5.08. The SMILES string of the molecule is Cc1nc(CCCC(=O)N2CCOCC2C(=O)O)cs1. The fourth-order valence-corrected chi connectivity index (χ4v) is 2.84. The van der Waals surface area contributed by atoms with Crippen LogP contribution in [0.3, 0.4) is 0 Å².